The molecule has 29 heavy (non-hydrogen) atoms. The monoisotopic (exact) mass is 390 g/mol. The predicted octanol–water partition coefficient (Wildman–Crippen LogP) is 3.32. The number of phenols is 1. The van der Waals surface area contributed by atoms with Crippen molar-refractivity contribution in [2.75, 3.05) is 12.5 Å². The van der Waals surface area contributed by atoms with Crippen molar-refractivity contribution in [2.24, 2.45) is 0 Å². The van der Waals surface area contributed by atoms with E-state index < -0.39 is 12.0 Å². The Kier molecular flexibility index (Phi) is 6.60. The Morgan fingerprint density at radius 1 is 0.931 bits per heavy atom. The molecule has 0 heterocycles. The summed E-state index contributed by atoms with van der Waals surface area (Å²) in [4.78, 5) is 25.0. The van der Waals surface area contributed by atoms with Gasteiger partial charge in [0.05, 0.1) is 12.8 Å². The summed E-state index contributed by atoms with van der Waals surface area (Å²) in [5.74, 6) is -0.413. The van der Waals surface area contributed by atoms with Crippen LogP contribution >= 0.6 is 0 Å². The SMILES string of the molecule is COC(=O)[C@H](Cc1ccc(O)cc1)NNc1ccccc1C(=O)c1ccccc1. The molecule has 6 heteroatoms. The van der Waals surface area contributed by atoms with Crippen LogP contribution in [0.25, 0.3) is 0 Å². The van der Waals surface area contributed by atoms with Crippen LogP contribution in [-0.2, 0) is 16.0 Å². The molecule has 6 nitrogen and oxygen atoms in total. The van der Waals surface area contributed by atoms with Gasteiger partial charge in [-0.05, 0) is 29.8 Å². The van der Waals surface area contributed by atoms with E-state index in [0.29, 0.717) is 23.2 Å². The quantitative estimate of drug-likeness (QED) is 0.311. The lowest BCUT2D eigenvalue weighted by Crippen LogP contribution is -2.43. The van der Waals surface area contributed by atoms with E-state index in [1.54, 1.807) is 60.7 Å². The van der Waals surface area contributed by atoms with Crippen molar-refractivity contribution < 1.29 is 19.4 Å². The third kappa shape index (κ3) is 5.21. The number of carbonyl (C=O) groups excluding carboxylic acids is 2. The van der Waals surface area contributed by atoms with Crippen LogP contribution < -0.4 is 10.9 Å². The molecular weight excluding hydrogens is 368 g/mol. The molecule has 148 valence electrons. The smallest absolute Gasteiger partial charge is 0.325 e. The lowest BCUT2D eigenvalue weighted by molar-refractivity contribution is -0.142. The molecule has 1 atom stereocenters. The number of aromatic hydroxyl groups is 1. The number of carbonyl (C=O) groups is 2. The average molecular weight is 390 g/mol. The van der Waals surface area contributed by atoms with Gasteiger partial charge in [0.2, 0.25) is 0 Å². The predicted molar refractivity (Wildman–Crippen MR) is 111 cm³/mol. The minimum atomic E-state index is -0.690. The van der Waals surface area contributed by atoms with Crippen LogP contribution in [0.15, 0.2) is 78.9 Å². The Balaban J connectivity index is 1.76. The minimum absolute atomic E-state index is 0.122. The fourth-order valence-electron chi connectivity index (χ4n) is 2.90. The largest absolute Gasteiger partial charge is 0.508 e. The van der Waals surface area contributed by atoms with Gasteiger partial charge in [-0.25, -0.2) is 5.43 Å². The van der Waals surface area contributed by atoms with Gasteiger partial charge in [0.15, 0.2) is 5.78 Å². The summed E-state index contributed by atoms with van der Waals surface area (Å²) in [6.07, 6.45) is 0.342. The van der Waals surface area contributed by atoms with E-state index in [4.69, 9.17) is 4.74 Å². The number of esters is 1. The Hall–Kier alpha value is -3.64. The maximum Gasteiger partial charge on any atom is 0.325 e. The summed E-state index contributed by atoms with van der Waals surface area (Å²) >= 11 is 0. The molecule has 0 spiro atoms. The van der Waals surface area contributed by atoms with Gasteiger partial charge in [-0.2, -0.15) is 0 Å². The zero-order valence-electron chi connectivity index (χ0n) is 16.0. The number of anilines is 1. The van der Waals surface area contributed by atoms with Crippen molar-refractivity contribution >= 4 is 17.4 Å². The van der Waals surface area contributed by atoms with Crippen molar-refractivity contribution in [3.8, 4) is 5.75 Å². The molecule has 0 unspecified atom stereocenters. The van der Waals surface area contributed by atoms with E-state index in [9.17, 15) is 14.7 Å². The third-order valence-electron chi connectivity index (χ3n) is 4.45. The third-order valence-corrected chi connectivity index (χ3v) is 4.45. The molecule has 3 rings (SSSR count). The number of ether oxygens (including phenoxy) is 1. The van der Waals surface area contributed by atoms with Gasteiger partial charge in [0.25, 0.3) is 0 Å². The molecule has 0 aliphatic carbocycles. The first-order chi connectivity index (χ1) is 14.1. The first kappa shape index (κ1) is 20.1. The van der Waals surface area contributed by atoms with Gasteiger partial charge in [0, 0.05) is 17.5 Å². The minimum Gasteiger partial charge on any atom is -0.508 e. The number of rotatable bonds is 8. The maximum absolute atomic E-state index is 12.8. The van der Waals surface area contributed by atoms with Crippen LogP contribution in [0.3, 0.4) is 0 Å². The lowest BCUT2D eigenvalue weighted by atomic mass is 10.0. The number of benzene rings is 3. The first-order valence-corrected chi connectivity index (χ1v) is 9.14. The number of nitrogens with one attached hydrogen (secondary N) is 2. The number of ketones is 1. The summed E-state index contributed by atoms with van der Waals surface area (Å²) in [7, 11) is 1.32. The second-order valence-electron chi connectivity index (χ2n) is 6.46. The highest BCUT2D eigenvalue weighted by molar-refractivity contribution is 6.12. The van der Waals surface area contributed by atoms with Gasteiger partial charge in [-0.15, -0.1) is 0 Å². The topological polar surface area (TPSA) is 87.7 Å². The molecule has 0 saturated heterocycles. The average Bonchev–Trinajstić information content (AvgIpc) is 2.77. The molecule has 0 aromatic heterocycles. The van der Waals surface area contributed by atoms with Gasteiger partial charge >= 0.3 is 5.97 Å². The Bertz CT molecular complexity index is 972. The van der Waals surface area contributed by atoms with E-state index in [2.05, 4.69) is 10.9 Å². The molecule has 0 saturated carbocycles. The normalized spacial score (nSPS) is 11.5. The van der Waals surface area contributed by atoms with Crippen LogP contribution in [0.2, 0.25) is 0 Å². The second-order valence-corrected chi connectivity index (χ2v) is 6.46. The number of phenolic OH excluding ortho intramolecular Hbond substituents is 1. The number of hydrogen-bond donors (Lipinski definition) is 3. The Morgan fingerprint density at radius 2 is 1.59 bits per heavy atom. The van der Waals surface area contributed by atoms with E-state index in [1.165, 1.54) is 7.11 Å². The Labute approximate surface area is 169 Å². The van der Waals surface area contributed by atoms with Crippen molar-refractivity contribution in [3.63, 3.8) is 0 Å². The second kappa shape index (κ2) is 9.52. The van der Waals surface area contributed by atoms with Gasteiger partial charge in [-0.1, -0.05) is 54.6 Å². The van der Waals surface area contributed by atoms with E-state index in [0.717, 1.165) is 5.56 Å². The first-order valence-electron chi connectivity index (χ1n) is 9.14. The van der Waals surface area contributed by atoms with E-state index >= 15 is 0 Å². The number of para-hydroxylation sites is 1. The lowest BCUT2D eigenvalue weighted by Gasteiger charge is -2.19. The zero-order valence-corrected chi connectivity index (χ0v) is 16.0. The maximum atomic E-state index is 12.8. The molecule has 0 aliphatic heterocycles. The van der Waals surface area contributed by atoms with Gasteiger partial charge < -0.3 is 15.3 Å². The number of hydrogen-bond acceptors (Lipinski definition) is 6. The van der Waals surface area contributed by atoms with Gasteiger partial charge in [0.1, 0.15) is 11.8 Å². The molecule has 0 fully saturated rings. The Morgan fingerprint density at radius 3 is 2.28 bits per heavy atom. The number of hydrazine groups is 1. The molecule has 3 aromatic rings. The highest BCUT2D eigenvalue weighted by Crippen LogP contribution is 2.19. The molecule has 0 aliphatic rings. The summed E-state index contributed by atoms with van der Waals surface area (Å²) in [5, 5.41) is 9.42. The summed E-state index contributed by atoms with van der Waals surface area (Å²) in [6.45, 7) is 0. The fourth-order valence-corrected chi connectivity index (χ4v) is 2.90. The van der Waals surface area contributed by atoms with E-state index in [-0.39, 0.29) is 11.5 Å². The van der Waals surface area contributed by atoms with E-state index in [1.807, 2.05) is 18.2 Å². The molecule has 0 amide bonds. The van der Waals surface area contributed by atoms with Crippen molar-refractivity contribution in [1.29, 1.82) is 0 Å². The number of methoxy groups -OCH3 is 1. The summed E-state index contributed by atoms with van der Waals surface area (Å²) in [5.41, 5.74) is 8.42. The van der Waals surface area contributed by atoms with Crippen LogP contribution in [0, 0.1) is 0 Å². The summed E-state index contributed by atoms with van der Waals surface area (Å²) in [6, 6.07) is 22.0. The van der Waals surface area contributed by atoms with Crippen LogP contribution in [0.5, 0.6) is 5.75 Å². The highest BCUT2D eigenvalue weighted by Gasteiger charge is 2.20. The fraction of sp³-hybridized carbons (Fsp3) is 0.130. The molecule has 3 aromatic carbocycles. The van der Waals surface area contributed by atoms with Crippen LogP contribution in [0.4, 0.5) is 5.69 Å². The zero-order chi connectivity index (χ0) is 20.6. The van der Waals surface area contributed by atoms with Crippen LogP contribution in [-0.4, -0.2) is 30.0 Å². The van der Waals surface area contributed by atoms with Crippen molar-refractivity contribution in [3.05, 3.63) is 95.6 Å². The van der Waals surface area contributed by atoms with Crippen molar-refractivity contribution in [1.82, 2.24) is 5.43 Å². The molecule has 3 N–H and O–H groups in total. The van der Waals surface area contributed by atoms with Gasteiger partial charge in [-0.3, -0.25) is 9.59 Å². The standard InChI is InChI=1S/C23H22N2O4/c1-29-23(28)21(15-16-11-13-18(26)14-12-16)25-24-20-10-6-5-9-19(20)22(27)17-7-3-2-4-8-17/h2-14,21,24-26H,15H2,1H3/t21-/m0/s1. The highest BCUT2D eigenvalue weighted by atomic mass is 16.5. The summed E-state index contributed by atoms with van der Waals surface area (Å²) < 4.78 is 4.89. The van der Waals surface area contributed by atoms with Crippen LogP contribution in [0.1, 0.15) is 21.5 Å². The van der Waals surface area contributed by atoms with Crippen molar-refractivity contribution in [2.45, 2.75) is 12.5 Å². The molecule has 0 bridgehead atoms. The molecular formula is C23H22N2O4. The molecule has 0 radical (unpaired) electrons.